The van der Waals surface area contributed by atoms with Crippen LogP contribution in [0.4, 0.5) is 0 Å². The molecular formula is C22H23N3O7S. The molecule has 0 amide bonds. The van der Waals surface area contributed by atoms with Crippen molar-refractivity contribution in [3.8, 4) is 40.1 Å². The molecule has 174 valence electrons. The molecule has 1 aromatic heterocycles. The van der Waals surface area contributed by atoms with Crippen molar-refractivity contribution in [2.24, 2.45) is 0 Å². The Balaban J connectivity index is 1.95. The number of methoxy groups -OCH3 is 5. The number of nitrogens with zero attached hydrogens (tertiary/aromatic N) is 2. The van der Waals surface area contributed by atoms with Crippen LogP contribution in [0.15, 0.2) is 40.4 Å². The van der Waals surface area contributed by atoms with Crippen molar-refractivity contribution in [3.63, 3.8) is 0 Å². The molecule has 2 N–H and O–H groups in total. The highest BCUT2D eigenvalue weighted by Crippen LogP contribution is 2.37. The molecule has 10 nitrogen and oxygen atoms in total. The van der Waals surface area contributed by atoms with Crippen LogP contribution in [0.25, 0.3) is 17.5 Å². The summed E-state index contributed by atoms with van der Waals surface area (Å²) in [5, 5.41) is 16.9. The normalized spacial score (nSPS) is 11.1. The fourth-order valence-electron chi connectivity index (χ4n) is 2.91. The number of carboxylic acid groups (broad SMARTS) is 1. The maximum absolute atomic E-state index is 11.9. The zero-order valence-corrected chi connectivity index (χ0v) is 19.5. The molecule has 11 heteroatoms. The topological polar surface area (TPSA) is 125 Å². The Labute approximate surface area is 194 Å². The second kappa shape index (κ2) is 10.6. The van der Waals surface area contributed by atoms with Crippen molar-refractivity contribution in [2.45, 2.75) is 5.16 Å². The van der Waals surface area contributed by atoms with E-state index in [0.29, 0.717) is 45.7 Å². The molecule has 3 rings (SSSR count). The van der Waals surface area contributed by atoms with Crippen LogP contribution in [-0.4, -0.2) is 61.8 Å². The largest absolute Gasteiger partial charge is 0.497 e. The van der Waals surface area contributed by atoms with E-state index in [2.05, 4.69) is 15.2 Å². The van der Waals surface area contributed by atoms with E-state index in [1.54, 1.807) is 44.6 Å². The molecule has 1 heterocycles. The molecule has 0 radical (unpaired) electrons. The van der Waals surface area contributed by atoms with Crippen molar-refractivity contribution < 1.29 is 33.6 Å². The SMILES string of the molecule is COc1cc(OC)cc(-c2nc(S/C(=C\c3cc(OC)c(OC)cc3OC)C(=O)O)n[nH]2)c1. The van der Waals surface area contributed by atoms with E-state index < -0.39 is 5.97 Å². The Morgan fingerprint density at radius 1 is 0.879 bits per heavy atom. The highest BCUT2D eigenvalue weighted by Gasteiger charge is 2.18. The second-order valence-electron chi connectivity index (χ2n) is 6.43. The molecule has 33 heavy (non-hydrogen) atoms. The summed E-state index contributed by atoms with van der Waals surface area (Å²) in [6.45, 7) is 0. The van der Waals surface area contributed by atoms with E-state index >= 15 is 0 Å². The lowest BCUT2D eigenvalue weighted by Crippen LogP contribution is -1.99. The number of benzene rings is 2. The van der Waals surface area contributed by atoms with E-state index in [0.717, 1.165) is 11.8 Å². The quantitative estimate of drug-likeness (QED) is 0.332. The minimum Gasteiger partial charge on any atom is -0.497 e. The third kappa shape index (κ3) is 5.50. The number of carboxylic acids is 1. The average molecular weight is 474 g/mol. The molecular weight excluding hydrogens is 450 g/mol. The van der Waals surface area contributed by atoms with E-state index in [4.69, 9.17) is 23.7 Å². The molecule has 2 aromatic carbocycles. The third-order valence-electron chi connectivity index (χ3n) is 4.52. The monoisotopic (exact) mass is 473 g/mol. The molecule has 0 spiro atoms. The summed E-state index contributed by atoms with van der Waals surface area (Å²) in [6.07, 6.45) is 1.46. The van der Waals surface area contributed by atoms with Crippen LogP contribution in [0.5, 0.6) is 28.7 Å². The highest BCUT2D eigenvalue weighted by molar-refractivity contribution is 8.04. The predicted octanol–water partition coefficient (Wildman–Crippen LogP) is 3.73. The van der Waals surface area contributed by atoms with Gasteiger partial charge in [-0.1, -0.05) is 0 Å². The fourth-order valence-corrected chi connectivity index (χ4v) is 3.60. The highest BCUT2D eigenvalue weighted by atomic mass is 32.2. The molecule has 3 aromatic rings. The van der Waals surface area contributed by atoms with Gasteiger partial charge in [0.15, 0.2) is 17.3 Å². The molecule has 0 saturated heterocycles. The van der Waals surface area contributed by atoms with Crippen LogP contribution < -0.4 is 23.7 Å². The van der Waals surface area contributed by atoms with Gasteiger partial charge < -0.3 is 28.8 Å². The smallest absolute Gasteiger partial charge is 0.342 e. The maximum Gasteiger partial charge on any atom is 0.342 e. The first-order valence-electron chi connectivity index (χ1n) is 9.51. The van der Waals surface area contributed by atoms with Crippen molar-refractivity contribution >= 4 is 23.8 Å². The van der Waals surface area contributed by atoms with Crippen LogP contribution in [0, 0.1) is 0 Å². The zero-order chi connectivity index (χ0) is 24.0. The van der Waals surface area contributed by atoms with Crippen LogP contribution in [0.2, 0.25) is 0 Å². The van der Waals surface area contributed by atoms with Gasteiger partial charge >= 0.3 is 5.97 Å². The van der Waals surface area contributed by atoms with Gasteiger partial charge in [-0.25, -0.2) is 9.78 Å². The second-order valence-corrected chi connectivity index (χ2v) is 7.44. The molecule has 0 saturated carbocycles. The lowest BCUT2D eigenvalue weighted by Gasteiger charge is -2.12. The van der Waals surface area contributed by atoms with Gasteiger partial charge in [0.2, 0.25) is 5.16 Å². The van der Waals surface area contributed by atoms with Gasteiger partial charge in [-0.2, -0.15) is 0 Å². The van der Waals surface area contributed by atoms with Gasteiger partial charge in [0.1, 0.15) is 22.2 Å². The van der Waals surface area contributed by atoms with Gasteiger partial charge in [-0.3, -0.25) is 5.10 Å². The number of ether oxygens (including phenoxy) is 5. The van der Waals surface area contributed by atoms with Crippen molar-refractivity contribution in [3.05, 3.63) is 40.8 Å². The third-order valence-corrected chi connectivity index (χ3v) is 5.40. The summed E-state index contributed by atoms with van der Waals surface area (Å²) >= 11 is 0.888. The van der Waals surface area contributed by atoms with Crippen molar-refractivity contribution in [2.75, 3.05) is 35.5 Å². The van der Waals surface area contributed by atoms with E-state index in [1.807, 2.05) is 0 Å². The Kier molecular flexibility index (Phi) is 7.67. The Morgan fingerprint density at radius 3 is 2.03 bits per heavy atom. The summed E-state index contributed by atoms with van der Waals surface area (Å²) in [5.74, 6) is 1.78. The van der Waals surface area contributed by atoms with Crippen molar-refractivity contribution in [1.82, 2.24) is 15.2 Å². The number of H-pyrrole nitrogens is 1. The number of aromatic amines is 1. The van der Waals surface area contributed by atoms with Gasteiger partial charge in [-0.05, 0) is 36.0 Å². The number of carbonyl (C=O) groups is 1. The Hall–Kier alpha value is -3.86. The van der Waals surface area contributed by atoms with Crippen LogP contribution >= 0.6 is 11.8 Å². The zero-order valence-electron chi connectivity index (χ0n) is 18.7. The minimum absolute atomic E-state index is 0.0192. The first-order chi connectivity index (χ1) is 15.9. The van der Waals surface area contributed by atoms with Crippen LogP contribution in [0.3, 0.4) is 0 Å². The summed E-state index contributed by atoms with van der Waals surface area (Å²) in [7, 11) is 7.58. The van der Waals surface area contributed by atoms with E-state index in [-0.39, 0.29) is 10.1 Å². The number of rotatable bonds is 10. The summed E-state index contributed by atoms with van der Waals surface area (Å²) in [5.41, 5.74) is 1.17. The maximum atomic E-state index is 11.9. The van der Waals surface area contributed by atoms with Crippen LogP contribution in [0.1, 0.15) is 5.56 Å². The minimum atomic E-state index is -1.15. The number of thioether (sulfide) groups is 1. The lowest BCUT2D eigenvalue weighted by molar-refractivity contribution is -0.131. The van der Waals surface area contributed by atoms with Gasteiger partial charge in [-0.15, -0.1) is 5.10 Å². The lowest BCUT2D eigenvalue weighted by atomic mass is 10.1. The summed E-state index contributed by atoms with van der Waals surface area (Å²) in [6, 6.07) is 8.51. The van der Waals surface area contributed by atoms with Crippen molar-refractivity contribution in [1.29, 1.82) is 0 Å². The summed E-state index contributed by atoms with van der Waals surface area (Å²) < 4.78 is 26.5. The first-order valence-corrected chi connectivity index (χ1v) is 10.3. The molecule has 0 unspecified atom stereocenters. The Bertz CT molecular complexity index is 1150. The molecule has 0 aliphatic heterocycles. The van der Waals surface area contributed by atoms with Gasteiger partial charge in [0, 0.05) is 23.3 Å². The predicted molar refractivity (Wildman–Crippen MR) is 122 cm³/mol. The van der Waals surface area contributed by atoms with Gasteiger partial charge in [0.25, 0.3) is 0 Å². The first kappa shape index (κ1) is 23.8. The molecule has 0 aliphatic carbocycles. The average Bonchev–Trinajstić information content (AvgIpc) is 3.31. The summed E-state index contributed by atoms with van der Waals surface area (Å²) in [4.78, 5) is 16.3. The van der Waals surface area contributed by atoms with Crippen LogP contribution in [-0.2, 0) is 4.79 Å². The number of aromatic nitrogens is 3. The number of aliphatic carboxylic acids is 1. The van der Waals surface area contributed by atoms with E-state index in [1.165, 1.54) is 27.4 Å². The standard InChI is InChI=1S/C22H23N3O7S/c1-28-14-6-13(7-15(10-14)29-2)20-23-22(25-24-20)33-19(21(26)27)9-12-8-17(31-4)18(32-5)11-16(12)30-3/h6-11H,1-5H3,(H,26,27)(H,23,24,25)/b19-9-. The Morgan fingerprint density at radius 2 is 1.48 bits per heavy atom. The molecule has 0 aliphatic rings. The molecule has 0 bridgehead atoms. The molecule has 0 atom stereocenters. The van der Waals surface area contributed by atoms with Gasteiger partial charge in [0.05, 0.1) is 35.5 Å². The number of hydrogen-bond acceptors (Lipinski definition) is 9. The number of hydrogen-bond donors (Lipinski definition) is 2. The number of nitrogens with one attached hydrogen (secondary N) is 1. The fraction of sp³-hybridized carbons (Fsp3) is 0.227. The van der Waals surface area contributed by atoms with E-state index in [9.17, 15) is 9.90 Å². The molecule has 0 fully saturated rings.